The number of aromatic amines is 1. The van der Waals surface area contributed by atoms with Crippen molar-refractivity contribution in [3.8, 4) is 0 Å². The monoisotopic (exact) mass is 393 g/mol. The minimum Gasteiger partial charge on any atom is -0.383 e. The largest absolute Gasteiger partial charge is 0.383 e. The Balaban J connectivity index is 1.50. The predicted molar refractivity (Wildman–Crippen MR) is 112 cm³/mol. The number of nitrogens with zero attached hydrogens (tertiary/aromatic N) is 6. The Bertz CT molecular complexity index is 969. The third-order valence-corrected chi connectivity index (χ3v) is 6.49. The summed E-state index contributed by atoms with van der Waals surface area (Å²) in [5.74, 6) is 0.887. The quantitative estimate of drug-likeness (QED) is 0.688. The van der Waals surface area contributed by atoms with Crippen molar-refractivity contribution in [3.63, 3.8) is 0 Å². The number of rotatable bonds is 3. The van der Waals surface area contributed by atoms with E-state index >= 15 is 0 Å². The van der Waals surface area contributed by atoms with Crippen molar-refractivity contribution in [1.82, 2.24) is 30.0 Å². The van der Waals surface area contributed by atoms with Gasteiger partial charge in [0.05, 0.1) is 17.6 Å². The second-order valence-electron chi connectivity index (χ2n) is 8.17. The van der Waals surface area contributed by atoms with Gasteiger partial charge in [0.15, 0.2) is 5.65 Å². The first kappa shape index (κ1) is 18.5. The smallest absolute Gasteiger partial charge is 0.160 e. The van der Waals surface area contributed by atoms with Crippen LogP contribution in [0.1, 0.15) is 12.0 Å². The molecule has 0 amide bonds. The van der Waals surface area contributed by atoms with E-state index in [1.165, 1.54) is 0 Å². The topological polar surface area (TPSA) is 84.4 Å². The molecule has 2 aliphatic heterocycles. The van der Waals surface area contributed by atoms with E-state index in [4.69, 9.17) is 0 Å². The highest BCUT2D eigenvalue weighted by Crippen LogP contribution is 2.38. The van der Waals surface area contributed by atoms with Crippen molar-refractivity contribution in [2.75, 3.05) is 51.2 Å². The Morgan fingerprint density at radius 1 is 1.07 bits per heavy atom. The summed E-state index contributed by atoms with van der Waals surface area (Å²) in [6.07, 6.45) is 4.02. The third kappa shape index (κ3) is 3.27. The molecule has 0 aliphatic carbocycles. The SMILES string of the molecule is CN1CCN([C@@H]2CN(c3ncnc4[nH]ncc34)CC[C@]2(O)c2ccccc2)CC1. The molecule has 2 fully saturated rings. The summed E-state index contributed by atoms with van der Waals surface area (Å²) in [6, 6.07) is 10.1. The van der Waals surface area contributed by atoms with Crippen LogP contribution in [0.2, 0.25) is 0 Å². The molecule has 2 aliphatic rings. The van der Waals surface area contributed by atoms with Crippen molar-refractivity contribution in [3.05, 3.63) is 48.4 Å². The number of hydrogen-bond donors (Lipinski definition) is 2. The lowest BCUT2D eigenvalue weighted by molar-refractivity contribution is -0.0757. The lowest BCUT2D eigenvalue weighted by Gasteiger charge is -2.51. The van der Waals surface area contributed by atoms with Gasteiger partial charge in [0.25, 0.3) is 0 Å². The number of piperazine rings is 1. The van der Waals surface area contributed by atoms with E-state index in [9.17, 15) is 5.11 Å². The molecule has 8 heteroatoms. The van der Waals surface area contributed by atoms with Crippen LogP contribution in [0.5, 0.6) is 0 Å². The number of aromatic nitrogens is 4. The summed E-state index contributed by atoms with van der Waals surface area (Å²) in [6.45, 7) is 5.38. The maximum atomic E-state index is 11.9. The van der Waals surface area contributed by atoms with E-state index < -0.39 is 5.60 Å². The Labute approximate surface area is 170 Å². The molecule has 2 aromatic heterocycles. The van der Waals surface area contributed by atoms with E-state index in [-0.39, 0.29) is 6.04 Å². The van der Waals surface area contributed by atoms with Gasteiger partial charge in [-0.3, -0.25) is 10.00 Å². The van der Waals surface area contributed by atoms with Gasteiger partial charge in [-0.25, -0.2) is 9.97 Å². The average molecular weight is 393 g/mol. The predicted octanol–water partition coefficient (Wildman–Crippen LogP) is 1.07. The number of nitrogens with one attached hydrogen (secondary N) is 1. The first-order valence-corrected chi connectivity index (χ1v) is 10.2. The van der Waals surface area contributed by atoms with Crippen LogP contribution in [-0.4, -0.2) is 87.4 Å². The number of hydrogen-bond acceptors (Lipinski definition) is 7. The Morgan fingerprint density at radius 2 is 1.86 bits per heavy atom. The van der Waals surface area contributed by atoms with E-state index in [2.05, 4.69) is 54.0 Å². The molecule has 2 N–H and O–H groups in total. The molecule has 152 valence electrons. The van der Waals surface area contributed by atoms with Crippen molar-refractivity contribution < 1.29 is 5.11 Å². The molecule has 8 nitrogen and oxygen atoms in total. The normalized spacial score (nSPS) is 26.8. The van der Waals surface area contributed by atoms with E-state index in [1.54, 1.807) is 12.5 Å². The van der Waals surface area contributed by atoms with Crippen LogP contribution in [0, 0.1) is 0 Å². The van der Waals surface area contributed by atoms with Gasteiger partial charge in [0, 0.05) is 39.3 Å². The zero-order chi connectivity index (χ0) is 19.8. The summed E-state index contributed by atoms with van der Waals surface area (Å²) in [5.41, 5.74) is 0.866. The lowest BCUT2D eigenvalue weighted by atomic mass is 9.79. The third-order valence-electron chi connectivity index (χ3n) is 6.49. The number of anilines is 1. The summed E-state index contributed by atoms with van der Waals surface area (Å²) >= 11 is 0. The summed E-state index contributed by atoms with van der Waals surface area (Å²) in [7, 11) is 2.16. The summed E-state index contributed by atoms with van der Waals surface area (Å²) in [4.78, 5) is 15.9. The fraction of sp³-hybridized carbons (Fsp3) is 0.476. The molecular weight excluding hydrogens is 366 g/mol. The average Bonchev–Trinajstić information content (AvgIpc) is 3.25. The van der Waals surface area contributed by atoms with Gasteiger partial charge in [-0.1, -0.05) is 30.3 Å². The van der Waals surface area contributed by atoms with Crippen LogP contribution in [0.15, 0.2) is 42.9 Å². The van der Waals surface area contributed by atoms with Crippen LogP contribution < -0.4 is 4.90 Å². The van der Waals surface area contributed by atoms with Crippen molar-refractivity contribution in [2.24, 2.45) is 0 Å². The Hall–Kier alpha value is -2.55. The van der Waals surface area contributed by atoms with Crippen LogP contribution >= 0.6 is 0 Å². The molecule has 5 rings (SSSR count). The Kier molecular flexibility index (Phi) is 4.69. The Morgan fingerprint density at radius 3 is 2.66 bits per heavy atom. The molecule has 2 saturated heterocycles. The maximum absolute atomic E-state index is 11.9. The van der Waals surface area contributed by atoms with E-state index in [0.717, 1.165) is 55.1 Å². The fourth-order valence-corrected chi connectivity index (χ4v) is 4.73. The number of fused-ring (bicyclic) bond motifs is 1. The zero-order valence-corrected chi connectivity index (χ0v) is 16.7. The second kappa shape index (κ2) is 7.37. The highest BCUT2D eigenvalue weighted by Gasteiger charge is 2.46. The number of H-pyrrole nitrogens is 1. The first-order valence-electron chi connectivity index (χ1n) is 10.2. The molecule has 0 unspecified atom stereocenters. The van der Waals surface area contributed by atoms with Crippen LogP contribution in [-0.2, 0) is 5.60 Å². The molecule has 29 heavy (non-hydrogen) atoms. The molecule has 0 saturated carbocycles. The molecule has 1 aromatic carbocycles. The standard InChI is InChI=1S/C21H27N7O/c1-26-9-11-27(12-10-26)18-14-28(20-17-13-24-25-19(17)22-15-23-20)8-7-21(18,29)16-5-3-2-4-6-16/h2-6,13,15,18,29H,7-12,14H2,1H3,(H,22,23,24,25)/t18-,21+/m1/s1. The van der Waals surface area contributed by atoms with Crippen LogP contribution in [0.3, 0.4) is 0 Å². The fourth-order valence-electron chi connectivity index (χ4n) is 4.73. The number of benzene rings is 1. The number of piperidine rings is 1. The first-order chi connectivity index (χ1) is 14.1. The van der Waals surface area contributed by atoms with E-state index in [1.807, 2.05) is 18.2 Å². The van der Waals surface area contributed by atoms with E-state index in [0.29, 0.717) is 13.0 Å². The van der Waals surface area contributed by atoms with Gasteiger partial charge in [-0.05, 0) is 19.0 Å². The van der Waals surface area contributed by atoms with Gasteiger partial charge >= 0.3 is 0 Å². The zero-order valence-electron chi connectivity index (χ0n) is 16.7. The van der Waals surface area contributed by atoms with Gasteiger partial charge in [0.1, 0.15) is 17.7 Å². The minimum atomic E-state index is -0.879. The lowest BCUT2D eigenvalue weighted by Crippen LogP contribution is -2.64. The van der Waals surface area contributed by atoms with Gasteiger partial charge in [0.2, 0.25) is 0 Å². The summed E-state index contributed by atoms with van der Waals surface area (Å²) < 4.78 is 0. The highest BCUT2D eigenvalue weighted by molar-refractivity contribution is 5.86. The van der Waals surface area contributed by atoms with Crippen LogP contribution in [0.25, 0.3) is 11.0 Å². The second-order valence-corrected chi connectivity index (χ2v) is 8.17. The molecular formula is C21H27N7O. The van der Waals surface area contributed by atoms with Gasteiger partial charge in [-0.2, -0.15) is 5.10 Å². The minimum absolute atomic E-state index is 0.00994. The summed E-state index contributed by atoms with van der Waals surface area (Å²) in [5, 5.41) is 19.9. The molecule has 0 radical (unpaired) electrons. The molecule has 2 atom stereocenters. The van der Waals surface area contributed by atoms with Gasteiger partial charge < -0.3 is 14.9 Å². The maximum Gasteiger partial charge on any atom is 0.160 e. The molecule has 0 bridgehead atoms. The van der Waals surface area contributed by atoms with Gasteiger partial charge in [-0.15, -0.1) is 0 Å². The molecule has 0 spiro atoms. The van der Waals surface area contributed by atoms with Crippen molar-refractivity contribution in [1.29, 1.82) is 0 Å². The number of aliphatic hydroxyl groups is 1. The van der Waals surface area contributed by atoms with Crippen LogP contribution in [0.4, 0.5) is 5.82 Å². The number of likely N-dealkylation sites (N-methyl/N-ethyl adjacent to an activating group) is 1. The van der Waals surface area contributed by atoms with Crippen molar-refractivity contribution >= 4 is 16.9 Å². The van der Waals surface area contributed by atoms with Crippen molar-refractivity contribution in [2.45, 2.75) is 18.1 Å². The molecule has 3 aromatic rings. The molecule has 4 heterocycles. The highest BCUT2D eigenvalue weighted by atomic mass is 16.3.